The van der Waals surface area contributed by atoms with Gasteiger partial charge < -0.3 is 19.7 Å². The van der Waals surface area contributed by atoms with Crippen LogP contribution in [-0.4, -0.2) is 30.4 Å². The molecule has 5 nitrogen and oxygen atoms in total. The van der Waals surface area contributed by atoms with Crippen LogP contribution < -0.4 is 9.47 Å². The minimum atomic E-state index is -1.09. The number of methoxy groups -OCH3 is 2. The highest BCUT2D eigenvalue weighted by molar-refractivity contribution is 5.79. The molecule has 0 bridgehead atoms. The third kappa shape index (κ3) is 2.14. The molecule has 1 unspecified atom stereocenters. The van der Waals surface area contributed by atoms with Crippen molar-refractivity contribution in [3.8, 4) is 11.5 Å². The van der Waals surface area contributed by atoms with E-state index in [1.165, 1.54) is 14.2 Å². The van der Waals surface area contributed by atoms with Crippen molar-refractivity contribution in [3.05, 3.63) is 23.3 Å². The summed E-state index contributed by atoms with van der Waals surface area (Å²) >= 11 is 0. The zero-order valence-electron chi connectivity index (χ0n) is 11.3. The lowest BCUT2D eigenvalue weighted by Gasteiger charge is -2.22. The fraction of sp³-hybridized carbons (Fsp3) is 0.500. The van der Waals surface area contributed by atoms with Gasteiger partial charge in [-0.2, -0.15) is 0 Å². The lowest BCUT2D eigenvalue weighted by Crippen LogP contribution is -2.24. The summed E-state index contributed by atoms with van der Waals surface area (Å²) in [5.41, 5.74) is 0.258. The molecule has 0 spiro atoms. The Bertz CT molecular complexity index is 505. The molecule has 1 aliphatic rings. The number of carboxylic acids is 1. The molecule has 1 aliphatic carbocycles. The van der Waals surface area contributed by atoms with E-state index in [9.17, 15) is 15.0 Å². The molecule has 1 saturated carbocycles. The Morgan fingerprint density at radius 2 is 1.84 bits per heavy atom. The molecule has 0 aromatic heterocycles. The summed E-state index contributed by atoms with van der Waals surface area (Å²) in [6.07, 6.45) is -0.138. The Morgan fingerprint density at radius 3 is 2.26 bits per heavy atom. The van der Waals surface area contributed by atoms with Gasteiger partial charge in [0.05, 0.1) is 25.7 Å². The monoisotopic (exact) mass is 266 g/mol. The third-order valence-electron chi connectivity index (χ3n) is 3.78. The number of aliphatic hydroxyl groups is 1. The molecule has 1 atom stereocenters. The summed E-state index contributed by atoms with van der Waals surface area (Å²) in [5.74, 6) is 0.121. The third-order valence-corrected chi connectivity index (χ3v) is 3.78. The summed E-state index contributed by atoms with van der Waals surface area (Å²) < 4.78 is 10.5. The van der Waals surface area contributed by atoms with E-state index in [0.717, 1.165) is 5.56 Å². The van der Waals surface area contributed by atoms with Gasteiger partial charge in [0.15, 0.2) is 0 Å². The molecule has 2 N–H and O–H groups in total. The van der Waals surface area contributed by atoms with Gasteiger partial charge in [0.2, 0.25) is 0 Å². The van der Waals surface area contributed by atoms with Crippen molar-refractivity contribution >= 4 is 5.97 Å². The first-order valence-corrected chi connectivity index (χ1v) is 6.10. The predicted octanol–water partition coefficient (Wildman–Crippen LogP) is 1.91. The van der Waals surface area contributed by atoms with E-state index in [4.69, 9.17) is 9.47 Å². The average Bonchev–Trinajstić information content (AvgIpc) is 3.19. The van der Waals surface area contributed by atoms with Crippen LogP contribution >= 0.6 is 0 Å². The molecule has 19 heavy (non-hydrogen) atoms. The van der Waals surface area contributed by atoms with Crippen molar-refractivity contribution < 1.29 is 24.5 Å². The van der Waals surface area contributed by atoms with E-state index in [2.05, 4.69) is 0 Å². The number of carboxylic acid groups (broad SMARTS) is 1. The molecule has 0 amide bonds. The van der Waals surface area contributed by atoms with Crippen molar-refractivity contribution in [1.29, 1.82) is 0 Å². The van der Waals surface area contributed by atoms with Gasteiger partial charge in [0, 0.05) is 5.56 Å². The van der Waals surface area contributed by atoms with Gasteiger partial charge in [0.25, 0.3) is 0 Å². The minimum Gasteiger partial charge on any atom is -0.496 e. The Kier molecular flexibility index (Phi) is 3.41. The van der Waals surface area contributed by atoms with Crippen LogP contribution in [0.4, 0.5) is 0 Å². The van der Waals surface area contributed by atoms with E-state index in [-0.39, 0.29) is 0 Å². The summed E-state index contributed by atoms with van der Waals surface area (Å²) in [5, 5.41) is 19.6. The molecular weight excluding hydrogens is 248 g/mol. The maximum absolute atomic E-state index is 11.3. The summed E-state index contributed by atoms with van der Waals surface area (Å²) in [6.45, 7) is 1.86. The number of hydrogen-bond acceptors (Lipinski definition) is 4. The molecule has 0 saturated heterocycles. The van der Waals surface area contributed by atoms with Crippen molar-refractivity contribution in [2.75, 3.05) is 14.2 Å². The van der Waals surface area contributed by atoms with Gasteiger partial charge in [-0.25, -0.2) is 0 Å². The lowest BCUT2D eigenvalue weighted by molar-refractivity contribution is -0.148. The quantitative estimate of drug-likeness (QED) is 0.851. The lowest BCUT2D eigenvalue weighted by atomic mass is 9.91. The van der Waals surface area contributed by atoms with Gasteiger partial charge >= 0.3 is 5.97 Å². The second-order valence-electron chi connectivity index (χ2n) is 4.93. The highest BCUT2D eigenvalue weighted by atomic mass is 16.5. The highest BCUT2D eigenvalue weighted by Crippen LogP contribution is 2.56. The number of aliphatic carboxylic acids is 1. The summed E-state index contributed by atoms with van der Waals surface area (Å²) in [7, 11) is 3.03. The smallest absolute Gasteiger partial charge is 0.312 e. The van der Waals surface area contributed by atoms with Crippen LogP contribution in [0.2, 0.25) is 0 Å². The van der Waals surface area contributed by atoms with Gasteiger partial charge in [-0.1, -0.05) is 0 Å². The largest absolute Gasteiger partial charge is 0.496 e. The second kappa shape index (κ2) is 4.74. The Morgan fingerprint density at radius 1 is 1.26 bits per heavy atom. The van der Waals surface area contributed by atoms with E-state index >= 15 is 0 Å². The molecule has 0 aliphatic heterocycles. The number of carbonyl (C=O) groups is 1. The van der Waals surface area contributed by atoms with Crippen molar-refractivity contribution in [2.24, 2.45) is 5.41 Å². The maximum atomic E-state index is 11.3. The maximum Gasteiger partial charge on any atom is 0.312 e. The molecule has 0 radical (unpaired) electrons. The van der Waals surface area contributed by atoms with Gasteiger partial charge in [0.1, 0.15) is 11.5 Å². The van der Waals surface area contributed by atoms with Crippen LogP contribution in [0.15, 0.2) is 12.1 Å². The van der Waals surface area contributed by atoms with Gasteiger partial charge in [-0.15, -0.1) is 0 Å². The van der Waals surface area contributed by atoms with E-state index < -0.39 is 17.5 Å². The number of aliphatic hydroxyl groups excluding tert-OH is 1. The molecule has 2 rings (SSSR count). The van der Waals surface area contributed by atoms with Crippen LogP contribution in [0.5, 0.6) is 11.5 Å². The second-order valence-corrected chi connectivity index (χ2v) is 4.93. The Labute approximate surface area is 111 Å². The SMILES string of the molecule is COc1cc(C(O)C2(C(=O)O)CC2)c(OC)cc1C. The van der Waals surface area contributed by atoms with E-state index in [1.807, 2.05) is 6.92 Å². The summed E-state index contributed by atoms with van der Waals surface area (Å²) in [6, 6.07) is 3.40. The standard InChI is InChI=1S/C14H18O5/c1-8-6-11(19-3)9(7-10(8)18-2)12(15)14(4-5-14)13(16)17/h6-7,12,15H,4-5H2,1-3H3,(H,16,17). The number of rotatable bonds is 5. The van der Waals surface area contributed by atoms with Crippen LogP contribution in [0.3, 0.4) is 0 Å². The van der Waals surface area contributed by atoms with E-state index in [0.29, 0.717) is 29.9 Å². The number of benzene rings is 1. The number of hydrogen-bond donors (Lipinski definition) is 2. The molecule has 5 heteroatoms. The summed E-state index contributed by atoms with van der Waals surface area (Å²) in [4.78, 5) is 11.3. The van der Waals surface area contributed by atoms with Gasteiger partial charge in [-0.3, -0.25) is 4.79 Å². The van der Waals surface area contributed by atoms with Crippen molar-refractivity contribution in [2.45, 2.75) is 25.9 Å². The first-order chi connectivity index (χ1) is 8.96. The Balaban J connectivity index is 2.46. The molecule has 1 aromatic rings. The van der Waals surface area contributed by atoms with Crippen LogP contribution in [0.25, 0.3) is 0 Å². The molecule has 1 aromatic carbocycles. The molecule has 104 valence electrons. The fourth-order valence-electron chi connectivity index (χ4n) is 2.32. The molecule has 1 fully saturated rings. The average molecular weight is 266 g/mol. The van der Waals surface area contributed by atoms with Crippen LogP contribution in [-0.2, 0) is 4.79 Å². The van der Waals surface area contributed by atoms with Crippen molar-refractivity contribution in [1.82, 2.24) is 0 Å². The predicted molar refractivity (Wildman–Crippen MR) is 68.5 cm³/mol. The first kappa shape index (κ1) is 13.7. The highest BCUT2D eigenvalue weighted by Gasteiger charge is 2.57. The van der Waals surface area contributed by atoms with E-state index in [1.54, 1.807) is 12.1 Å². The van der Waals surface area contributed by atoms with Crippen LogP contribution in [0.1, 0.15) is 30.1 Å². The first-order valence-electron chi connectivity index (χ1n) is 6.10. The normalized spacial score (nSPS) is 17.7. The fourth-order valence-corrected chi connectivity index (χ4v) is 2.32. The Hall–Kier alpha value is -1.75. The number of aryl methyl sites for hydroxylation is 1. The zero-order chi connectivity index (χ0) is 14.2. The zero-order valence-corrected chi connectivity index (χ0v) is 11.3. The molecule has 0 heterocycles. The topological polar surface area (TPSA) is 76.0 Å². The minimum absolute atomic E-state index is 0.463. The van der Waals surface area contributed by atoms with Gasteiger partial charge in [-0.05, 0) is 37.5 Å². The van der Waals surface area contributed by atoms with Crippen LogP contribution in [0, 0.1) is 12.3 Å². The molecular formula is C14H18O5. The van der Waals surface area contributed by atoms with Crippen molar-refractivity contribution in [3.63, 3.8) is 0 Å². The number of ether oxygens (including phenoxy) is 2.